The monoisotopic (exact) mass is 226 g/mol. The molecule has 17 heavy (non-hydrogen) atoms. The van der Waals surface area contributed by atoms with Gasteiger partial charge in [0.05, 0.1) is 0 Å². The number of aryl methyl sites for hydroxylation is 1. The molecule has 5 nitrogen and oxygen atoms in total. The van der Waals surface area contributed by atoms with E-state index in [0.717, 1.165) is 11.0 Å². The van der Waals surface area contributed by atoms with E-state index in [4.69, 9.17) is 4.74 Å². The van der Waals surface area contributed by atoms with Crippen LogP contribution in [0.3, 0.4) is 0 Å². The quantitative estimate of drug-likeness (QED) is 0.671. The summed E-state index contributed by atoms with van der Waals surface area (Å²) in [6.07, 6.45) is 1.69. The predicted octanol–water partition coefficient (Wildman–Crippen LogP) is 2.16. The fourth-order valence-electron chi connectivity index (χ4n) is 1.59. The van der Waals surface area contributed by atoms with Crippen molar-refractivity contribution < 1.29 is 4.74 Å². The van der Waals surface area contributed by atoms with Crippen LogP contribution >= 0.6 is 0 Å². The summed E-state index contributed by atoms with van der Waals surface area (Å²) in [5, 5.41) is 8.42. The first-order chi connectivity index (χ1) is 8.31. The highest BCUT2D eigenvalue weighted by atomic mass is 16.5. The topological polar surface area (TPSA) is 52.8 Å². The molecular formula is C12H10N4O. The summed E-state index contributed by atoms with van der Waals surface area (Å²) in [6, 6.07) is 11.1. The zero-order chi connectivity index (χ0) is 11.7. The summed E-state index contributed by atoms with van der Waals surface area (Å²) < 4.78 is 5.61. The number of benzene rings is 1. The SMILES string of the molecule is Cn1nc2ccc(Oc3ccccn3)cc2n1. The molecule has 2 aromatic heterocycles. The van der Waals surface area contributed by atoms with Gasteiger partial charge >= 0.3 is 0 Å². The van der Waals surface area contributed by atoms with Gasteiger partial charge in [-0.25, -0.2) is 4.98 Å². The molecule has 0 unspecified atom stereocenters. The number of hydrogen-bond acceptors (Lipinski definition) is 4. The lowest BCUT2D eigenvalue weighted by Gasteiger charge is -2.02. The van der Waals surface area contributed by atoms with Crippen LogP contribution in [0.4, 0.5) is 0 Å². The Labute approximate surface area is 97.7 Å². The predicted molar refractivity (Wildman–Crippen MR) is 62.8 cm³/mol. The Bertz CT molecular complexity index is 648. The molecule has 1 aromatic carbocycles. The fraction of sp³-hybridized carbons (Fsp3) is 0.0833. The zero-order valence-electron chi connectivity index (χ0n) is 9.24. The van der Waals surface area contributed by atoms with Gasteiger partial charge < -0.3 is 4.74 Å². The van der Waals surface area contributed by atoms with Crippen molar-refractivity contribution in [2.45, 2.75) is 0 Å². The molecule has 0 N–H and O–H groups in total. The van der Waals surface area contributed by atoms with Crippen LogP contribution in [0.1, 0.15) is 0 Å². The van der Waals surface area contributed by atoms with E-state index in [1.54, 1.807) is 19.3 Å². The van der Waals surface area contributed by atoms with Crippen molar-refractivity contribution in [3.05, 3.63) is 42.6 Å². The van der Waals surface area contributed by atoms with Crippen molar-refractivity contribution in [2.24, 2.45) is 7.05 Å². The van der Waals surface area contributed by atoms with Crippen LogP contribution in [0, 0.1) is 0 Å². The lowest BCUT2D eigenvalue weighted by molar-refractivity contribution is 0.463. The average molecular weight is 226 g/mol. The van der Waals surface area contributed by atoms with E-state index >= 15 is 0 Å². The van der Waals surface area contributed by atoms with Crippen LogP contribution in [0.15, 0.2) is 42.6 Å². The van der Waals surface area contributed by atoms with Crippen molar-refractivity contribution in [1.29, 1.82) is 0 Å². The smallest absolute Gasteiger partial charge is 0.219 e. The van der Waals surface area contributed by atoms with Gasteiger partial charge in [0.1, 0.15) is 16.8 Å². The minimum Gasteiger partial charge on any atom is -0.439 e. The second-order valence-electron chi connectivity index (χ2n) is 3.61. The molecule has 0 saturated carbocycles. The first-order valence-corrected chi connectivity index (χ1v) is 5.21. The van der Waals surface area contributed by atoms with Gasteiger partial charge in [0, 0.05) is 25.4 Å². The number of ether oxygens (including phenoxy) is 1. The summed E-state index contributed by atoms with van der Waals surface area (Å²) in [7, 11) is 1.79. The number of hydrogen-bond donors (Lipinski definition) is 0. The lowest BCUT2D eigenvalue weighted by Crippen LogP contribution is -1.90. The van der Waals surface area contributed by atoms with Gasteiger partial charge in [-0.05, 0) is 18.2 Å². The molecule has 0 bridgehead atoms. The highest BCUT2D eigenvalue weighted by molar-refractivity contribution is 5.75. The molecule has 3 aromatic rings. The van der Waals surface area contributed by atoms with Crippen molar-refractivity contribution in [3.8, 4) is 11.6 Å². The molecule has 0 amide bonds. The van der Waals surface area contributed by atoms with E-state index in [0.29, 0.717) is 11.6 Å². The van der Waals surface area contributed by atoms with E-state index in [-0.39, 0.29) is 0 Å². The van der Waals surface area contributed by atoms with Crippen LogP contribution in [0.2, 0.25) is 0 Å². The Hall–Kier alpha value is -2.43. The van der Waals surface area contributed by atoms with Gasteiger partial charge in [-0.3, -0.25) is 0 Å². The molecule has 0 atom stereocenters. The molecular weight excluding hydrogens is 216 g/mol. The van der Waals surface area contributed by atoms with E-state index in [2.05, 4.69) is 15.2 Å². The second-order valence-corrected chi connectivity index (χ2v) is 3.61. The molecule has 0 fully saturated rings. The maximum absolute atomic E-state index is 5.61. The van der Waals surface area contributed by atoms with Gasteiger partial charge in [0.25, 0.3) is 0 Å². The summed E-state index contributed by atoms with van der Waals surface area (Å²) in [6.45, 7) is 0. The molecule has 0 radical (unpaired) electrons. The molecule has 0 spiro atoms. The van der Waals surface area contributed by atoms with E-state index in [1.165, 1.54) is 4.80 Å². The summed E-state index contributed by atoms with van der Waals surface area (Å²) >= 11 is 0. The van der Waals surface area contributed by atoms with Gasteiger partial charge in [-0.2, -0.15) is 15.0 Å². The number of pyridine rings is 1. The van der Waals surface area contributed by atoms with Crippen LogP contribution in [-0.4, -0.2) is 20.0 Å². The van der Waals surface area contributed by atoms with Crippen LogP contribution in [0.5, 0.6) is 11.6 Å². The largest absolute Gasteiger partial charge is 0.439 e. The zero-order valence-corrected chi connectivity index (χ0v) is 9.24. The minimum atomic E-state index is 0.566. The Balaban J connectivity index is 1.95. The Morgan fingerprint density at radius 3 is 2.76 bits per heavy atom. The molecule has 0 aliphatic rings. The molecule has 0 aliphatic heterocycles. The van der Waals surface area contributed by atoms with Gasteiger partial charge in [-0.15, -0.1) is 0 Å². The van der Waals surface area contributed by atoms with E-state index in [1.807, 2.05) is 30.3 Å². The average Bonchev–Trinajstić information content (AvgIpc) is 2.70. The van der Waals surface area contributed by atoms with Crippen LogP contribution in [-0.2, 0) is 7.05 Å². The Morgan fingerprint density at radius 1 is 1.06 bits per heavy atom. The second kappa shape index (κ2) is 3.86. The standard InChI is InChI=1S/C12H10N4O/c1-16-14-10-6-5-9(8-11(10)15-16)17-12-4-2-3-7-13-12/h2-8H,1H3. The molecule has 3 rings (SSSR count). The first-order valence-electron chi connectivity index (χ1n) is 5.21. The number of fused-ring (bicyclic) bond motifs is 1. The van der Waals surface area contributed by atoms with E-state index < -0.39 is 0 Å². The Kier molecular flexibility index (Phi) is 2.22. The minimum absolute atomic E-state index is 0.566. The lowest BCUT2D eigenvalue weighted by atomic mass is 10.3. The van der Waals surface area contributed by atoms with Crippen molar-refractivity contribution >= 4 is 11.0 Å². The van der Waals surface area contributed by atoms with E-state index in [9.17, 15) is 0 Å². The third kappa shape index (κ3) is 1.94. The molecule has 0 saturated heterocycles. The van der Waals surface area contributed by atoms with Gasteiger partial charge in [0.15, 0.2) is 0 Å². The highest BCUT2D eigenvalue weighted by Gasteiger charge is 2.03. The fourth-order valence-corrected chi connectivity index (χ4v) is 1.59. The third-order valence-corrected chi connectivity index (χ3v) is 2.31. The highest BCUT2D eigenvalue weighted by Crippen LogP contribution is 2.22. The summed E-state index contributed by atoms with van der Waals surface area (Å²) in [4.78, 5) is 5.63. The molecule has 2 heterocycles. The van der Waals surface area contributed by atoms with Crippen LogP contribution in [0.25, 0.3) is 11.0 Å². The summed E-state index contributed by atoms with van der Waals surface area (Å²) in [5.74, 6) is 1.27. The third-order valence-electron chi connectivity index (χ3n) is 2.31. The van der Waals surface area contributed by atoms with Crippen molar-refractivity contribution in [3.63, 3.8) is 0 Å². The normalized spacial score (nSPS) is 10.6. The maximum Gasteiger partial charge on any atom is 0.219 e. The number of nitrogens with zero attached hydrogens (tertiary/aromatic N) is 4. The maximum atomic E-state index is 5.61. The molecule has 84 valence electrons. The first kappa shape index (κ1) is 9.77. The van der Waals surface area contributed by atoms with Gasteiger partial charge in [0.2, 0.25) is 5.88 Å². The molecule has 5 heteroatoms. The summed E-state index contributed by atoms with van der Waals surface area (Å²) in [5.41, 5.74) is 1.65. The Morgan fingerprint density at radius 2 is 1.94 bits per heavy atom. The molecule has 0 aliphatic carbocycles. The van der Waals surface area contributed by atoms with Crippen molar-refractivity contribution in [2.75, 3.05) is 0 Å². The van der Waals surface area contributed by atoms with Crippen LogP contribution < -0.4 is 4.74 Å². The van der Waals surface area contributed by atoms with Crippen molar-refractivity contribution in [1.82, 2.24) is 20.0 Å². The number of rotatable bonds is 2. The van der Waals surface area contributed by atoms with Gasteiger partial charge in [-0.1, -0.05) is 6.07 Å². The number of aromatic nitrogens is 4.